The minimum absolute atomic E-state index is 0.555. The second-order valence-corrected chi connectivity index (χ2v) is 21.5. The standard InChI is InChI=1S/C24H27N3O2.C22H20N2O2.C9H12N2O.C8H10N2O2.2C8H10N2O/c1-3-27(4-2)29-23(28)25-26-24(20-14-8-5-9-15-20,21-16-10-6-11-17-21)22-18-12-7-13-19-22;1-2-26-21(25)23-24-22(18-12-6-3-7-13-18,19-14-8-4-9-15-19)20-16-10-5-11-17-20;1-7-3-4-8(2)9(5-7)11-10-6-12;1-12-8-5-3-2-4-7(8)10-9-6-11;1-7-3-2-4-8(5-7)10-9-6-11;1-7-4-2-3-5-8(7)10-9-6-11/h5-19,26H,3-4H2,1-2H3,(H,25,28);2-17,24H,1H2,(H,23,25);3-6,11H,1-2H3,(H,10,12);2-6,10H,1H3,(H,9,11);2*2-6,10H,1H3,(H,9,11). The molecule has 0 atom stereocenters. The highest BCUT2D eigenvalue weighted by atomic mass is 16.7. The molecule has 22 heteroatoms. The molecule has 0 saturated heterocycles. The summed E-state index contributed by atoms with van der Waals surface area (Å²) in [6, 6.07) is 88.8. The fraction of sp³-hybridized carbons (Fsp3) is 0.139. The van der Waals surface area contributed by atoms with Crippen LogP contribution in [0.3, 0.4) is 0 Å². The van der Waals surface area contributed by atoms with Gasteiger partial charge in [0.2, 0.25) is 25.6 Å². The Labute approximate surface area is 591 Å². The molecule has 0 aliphatic rings. The molecule has 12 N–H and O–H groups in total. The third-order valence-electron chi connectivity index (χ3n) is 14.8. The van der Waals surface area contributed by atoms with E-state index >= 15 is 0 Å². The van der Waals surface area contributed by atoms with E-state index < -0.39 is 23.3 Å². The maximum Gasteiger partial charge on any atom is 0.440 e. The minimum Gasteiger partial charge on any atom is -0.495 e. The second-order valence-electron chi connectivity index (χ2n) is 21.5. The quantitative estimate of drug-likeness (QED) is 0.00987. The number of carbonyl (C=O) groups excluding carboxylic acids is 6. The molecule has 6 amide bonds. The van der Waals surface area contributed by atoms with Crippen molar-refractivity contribution in [1.29, 1.82) is 0 Å². The number of carbonyl (C=O) groups is 6. The summed E-state index contributed by atoms with van der Waals surface area (Å²) in [6.45, 7) is 16.5. The summed E-state index contributed by atoms with van der Waals surface area (Å²) in [5.41, 5.74) is 44.6. The van der Waals surface area contributed by atoms with Crippen LogP contribution >= 0.6 is 0 Å². The van der Waals surface area contributed by atoms with Crippen molar-refractivity contribution in [3.8, 4) is 5.75 Å². The zero-order valence-corrected chi connectivity index (χ0v) is 57.6. The van der Waals surface area contributed by atoms with Crippen LogP contribution in [0.25, 0.3) is 0 Å². The lowest BCUT2D eigenvalue weighted by Gasteiger charge is -2.36. The number of rotatable bonds is 27. The van der Waals surface area contributed by atoms with Gasteiger partial charge < -0.3 is 14.3 Å². The maximum absolute atomic E-state index is 12.5. The first-order valence-electron chi connectivity index (χ1n) is 32.1. The van der Waals surface area contributed by atoms with Gasteiger partial charge in [-0.15, -0.1) is 5.06 Å². The van der Waals surface area contributed by atoms with Crippen LogP contribution in [0.15, 0.2) is 286 Å². The molecule has 0 aliphatic carbocycles. The highest BCUT2D eigenvalue weighted by molar-refractivity contribution is 5.68. The molecule has 0 unspecified atom stereocenters. The van der Waals surface area contributed by atoms with Gasteiger partial charge in [0, 0.05) is 13.1 Å². The van der Waals surface area contributed by atoms with Gasteiger partial charge in [0.1, 0.15) is 16.8 Å². The van der Waals surface area contributed by atoms with Crippen LogP contribution in [0.2, 0.25) is 0 Å². The Morgan fingerprint density at radius 3 is 1.15 bits per heavy atom. The summed E-state index contributed by atoms with van der Waals surface area (Å²) in [6.07, 6.45) is 2.28. The number of hydroxylamine groups is 2. The molecule has 0 fully saturated rings. The van der Waals surface area contributed by atoms with Crippen molar-refractivity contribution in [2.45, 2.75) is 52.6 Å². The number of para-hydroxylation sites is 3. The molecule has 10 aromatic rings. The summed E-state index contributed by atoms with van der Waals surface area (Å²) in [5, 5.41) is 1.59. The summed E-state index contributed by atoms with van der Waals surface area (Å²) >= 11 is 0. The Hall–Kier alpha value is -12.8. The summed E-state index contributed by atoms with van der Waals surface area (Å²) in [5.74, 6) is 0.687. The number of anilines is 4. The Kier molecular flexibility index (Phi) is 35.1. The molecule has 0 aliphatic heterocycles. The summed E-state index contributed by atoms with van der Waals surface area (Å²) in [7, 11) is 1.57. The predicted molar refractivity (Wildman–Crippen MR) is 400 cm³/mol. The van der Waals surface area contributed by atoms with E-state index in [0.29, 0.717) is 44.5 Å². The topological polar surface area (TPSA) is 278 Å². The molecule has 10 aromatic carbocycles. The van der Waals surface area contributed by atoms with Gasteiger partial charge in [0.25, 0.3) is 0 Å². The molecule has 0 spiro atoms. The summed E-state index contributed by atoms with van der Waals surface area (Å²) < 4.78 is 9.82. The molecular formula is C79H89N13O9. The lowest BCUT2D eigenvalue weighted by Crippen LogP contribution is -2.54. The molecule has 22 nitrogen and oxygen atoms in total. The first kappa shape index (κ1) is 78.9. The van der Waals surface area contributed by atoms with Gasteiger partial charge in [-0.2, -0.15) is 0 Å². The van der Waals surface area contributed by atoms with E-state index in [0.717, 1.165) is 84.6 Å². The fourth-order valence-electron chi connectivity index (χ4n) is 9.94. The molecule has 524 valence electrons. The van der Waals surface area contributed by atoms with Crippen molar-refractivity contribution >= 4 is 60.6 Å². The first-order valence-corrected chi connectivity index (χ1v) is 32.1. The lowest BCUT2D eigenvalue weighted by atomic mass is 9.77. The van der Waals surface area contributed by atoms with Crippen molar-refractivity contribution < 1.29 is 43.1 Å². The van der Waals surface area contributed by atoms with E-state index in [4.69, 9.17) is 14.3 Å². The van der Waals surface area contributed by atoms with Crippen LogP contribution in [0.4, 0.5) is 32.3 Å². The van der Waals surface area contributed by atoms with E-state index in [2.05, 4.69) is 71.7 Å². The molecule has 0 bridgehead atoms. The Balaban J connectivity index is 0.000000231. The predicted octanol–water partition coefficient (Wildman–Crippen LogP) is 13.1. The number of aryl methyl sites for hydroxylation is 4. The molecule has 101 heavy (non-hydrogen) atoms. The number of methoxy groups -OCH3 is 1. The van der Waals surface area contributed by atoms with Crippen molar-refractivity contribution in [3.63, 3.8) is 0 Å². The Morgan fingerprint density at radius 1 is 0.396 bits per heavy atom. The van der Waals surface area contributed by atoms with Gasteiger partial charge in [0.05, 0.1) is 36.1 Å². The minimum atomic E-state index is -0.788. The first-order chi connectivity index (χ1) is 49.3. The zero-order valence-electron chi connectivity index (χ0n) is 57.6. The number of amides is 6. The number of nitrogens with one attached hydrogen (secondary N) is 12. The van der Waals surface area contributed by atoms with Gasteiger partial charge in [-0.25, -0.2) is 20.4 Å². The van der Waals surface area contributed by atoms with Crippen molar-refractivity contribution in [2.24, 2.45) is 0 Å². The number of nitrogens with zero attached hydrogens (tertiary/aromatic N) is 1. The number of ether oxygens (including phenoxy) is 2. The molecule has 10 rings (SSSR count). The third-order valence-corrected chi connectivity index (χ3v) is 14.8. The molecule has 0 saturated carbocycles. The van der Waals surface area contributed by atoms with Crippen LogP contribution in [0, 0.1) is 27.7 Å². The van der Waals surface area contributed by atoms with E-state index in [1.807, 2.05) is 302 Å². The van der Waals surface area contributed by atoms with E-state index in [1.54, 1.807) is 24.3 Å². The maximum atomic E-state index is 12.5. The monoisotopic (exact) mass is 1360 g/mol. The average molecular weight is 1360 g/mol. The van der Waals surface area contributed by atoms with Gasteiger partial charge in [-0.05, 0) is 134 Å². The number of hydrogen-bond donors (Lipinski definition) is 12. The number of benzene rings is 10. The molecular weight excluding hydrogens is 1270 g/mol. The third kappa shape index (κ3) is 25.6. The van der Waals surface area contributed by atoms with Gasteiger partial charge in [-0.3, -0.25) is 73.4 Å². The van der Waals surface area contributed by atoms with Crippen LogP contribution in [0.5, 0.6) is 5.75 Å². The normalized spacial score (nSPS) is 10.1. The van der Waals surface area contributed by atoms with Crippen molar-refractivity contribution in [3.05, 3.63) is 341 Å². The van der Waals surface area contributed by atoms with E-state index in [9.17, 15) is 28.8 Å². The van der Waals surface area contributed by atoms with E-state index in [1.165, 1.54) is 0 Å². The second kappa shape index (κ2) is 44.9. The molecule has 0 radical (unpaired) electrons. The zero-order chi connectivity index (χ0) is 72.8. The molecule has 0 aromatic heterocycles. The van der Waals surface area contributed by atoms with Gasteiger partial charge in [-0.1, -0.05) is 243 Å². The lowest BCUT2D eigenvalue weighted by molar-refractivity contribution is -0.109. The van der Waals surface area contributed by atoms with Gasteiger partial charge >= 0.3 is 12.2 Å². The van der Waals surface area contributed by atoms with Crippen molar-refractivity contribution in [1.82, 2.24) is 48.5 Å². The fourth-order valence-corrected chi connectivity index (χ4v) is 9.94. The number of hydrogen-bond acceptors (Lipinski definition) is 16. The van der Waals surface area contributed by atoms with Gasteiger partial charge in [0.15, 0.2) is 0 Å². The highest BCUT2D eigenvalue weighted by Gasteiger charge is 2.38. The van der Waals surface area contributed by atoms with Crippen LogP contribution in [-0.2, 0) is 39.8 Å². The Morgan fingerprint density at radius 2 is 0.752 bits per heavy atom. The average Bonchev–Trinajstić information content (AvgIpc) is 0.766. The van der Waals surface area contributed by atoms with E-state index in [-0.39, 0.29) is 0 Å². The Bertz CT molecular complexity index is 3840. The number of hydrazine groups is 6. The SMILES string of the molecule is C=COC(=O)NNC(c1ccccc1)(c1ccccc1)c1ccccc1.CCN(CC)OC(=O)NNC(c1ccccc1)(c1ccccc1)c1ccccc1.COc1ccccc1NNC=O.Cc1ccc(C)c(NNC=O)c1.Cc1cccc(NNC=O)c1.Cc1ccccc1NNC=O. The molecule has 0 heterocycles. The highest BCUT2D eigenvalue weighted by Crippen LogP contribution is 2.38. The van der Waals surface area contributed by atoms with Crippen LogP contribution in [0.1, 0.15) is 69.5 Å². The smallest absolute Gasteiger partial charge is 0.440 e. The van der Waals surface area contributed by atoms with Crippen LogP contribution in [-0.4, -0.2) is 63.1 Å². The summed E-state index contributed by atoms with van der Waals surface area (Å²) in [4.78, 5) is 69.5. The van der Waals surface area contributed by atoms with Crippen molar-refractivity contribution in [2.75, 3.05) is 41.9 Å². The largest absolute Gasteiger partial charge is 0.495 e. The van der Waals surface area contributed by atoms with Crippen LogP contribution < -0.4 is 69.8 Å².